The Morgan fingerprint density at radius 2 is 2.06 bits per heavy atom. The van der Waals surface area contributed by atoms with Gasteiger partial charge < -0.3 is 5.11 Å². The summed E-state index contributed by atoms with van der Waals surface area (Å²) in [6.07, 6.45) is 0.125. The van der Waals surface area contributed by atoms with E-state index in [2.05, 4.69) is 0 Å². The van der Waals surface area contributed by atoms with E-state index in [0.717, 1.165) is 10.9 Å². The third-order valence-corrected chi connectivity index (χ3v) is 3.72. The first kappa shape index (κ1) is 12.2. The van der Waals surface area contributed by atoms with Crippen molar-refractivity contribution in [3.63, 3.8) is 0 Å². The number of benzene rings is 1. The molecule has 2 rings (SSSR count). The molecule has 0 bridgehead atoms. The van der Waals surface area contributed by atoms with E-state index in [1.807, 2.05) is 11.4 Å². The molecule has 0 fully saturated rings. The van der Waals surface area contributed by atoms with Crippen LogP contribution in [0.15, 0.2) is 35.7 Å². The van der Waals surface area contributed by atoms with Crippen LogP contribution < -0.4 is 0 Å². The third-order valence-electron chi connectivity index (χ3n) is 2.60. The highest BCUT2D eigenvalue weighted by atomic mass is 32.1. The molecule has 0 saturated heterocycles. The fourth-order valence-electron chi connectivity index (χ4n) is 1.71. The van der Waals surface area contributed by atoms with Crippen molar-refractivity contribution < 1.29 is 13.9 Å². The van der Waals surface area contributed by atoms with Gasteiger partial charge in [0.2, 0.25) is 0 Å². The van der Waals surface area contributed by atoms with Crippen LogP contribution in [0, 0.1) is 11.6 Å². The summed E-state index contributed by atoms with van der Waals surface area (Å²) < 4.78 is 26.2. The Hall–Kier alpha value is -1.26. The van der Waals surface area contributed by atoms with Gasteiger partial charge in [0.15, 0.2) is 0 Å². The number of hydrogen-bond donors (Lipinski definition) is 1. The molecule has 4 heteroatoms. The highest BCUT2D eigenvalue weighted by molar-refractivity contribution is 7.10. The zero-order chi connectivity index (χ0) is 12.5. The van der Waals surface area contributed by atoms with Crippen LogP contribution in [0.3, 0.4) is 0 Å². The average molecular weight is 254 g/mol. The van der Waals surface area contributed by atoms with Crippen LogP contribution in [0.5, 0.6) is 0 Å². The Bertz CT molecular complexity index is 506. The van der Waals surface area contributed by atoms with Gasteiger partial charge in [0, 0.05) is 17.4 Å². The normalized spacial score (nSPS) is 14.6. The Labute approximate surface area is 102 Å². The SMILES string of the molecule is CC(O)(Cc1ccc(F)cc1F)c1cccs1. The maximum atomic E-state index is 13.5. The van der Waals surface area contributed by atoms with Gasteiger partial charge in [-0.3, -0.25) is 0 Å². The van der Waals surface area contributed by atoms with Gasteiger partial charge in [-0.2, -0.15) is 0 Å². The van der Waals surface area contributed by atoms with Gasteiger partial charge in [-0.25, -0.2) is 8.78 Å². The quantitative estimate of drug-likeness (QED) is 0.889. The Morgan fingerprint density at radius 3 is 2.65 bits per heavy atom. The molecule has 0 aliphatic carbocycles. The van der Waals surface area contributed by atoms with Crippen LogP contribution in [0.2, 0.25) is 0 Å². The standard InChI is InChI=1S/C13H12F2OS/c1-13(16,12-3-2-6-17-12)8-9-4-5-10(14)7-11(9)15/h2-7,16H,8H2,1H3. The number of halogens is 2. The van der Waals surface area contributed by atoms with Crippen molar-refractivity contribution in [1.82, 2.24) is 0 Å². The van der Waals surface area contributed by atoms with Crippen molar-refractivity contribution in [2.24, 2.45) is 0 Å². The maximum absolute atomic E-state index is 13.5. The minimum atomic E-state index is -1.13. The fourth-order valence-corrected chi connectivity index (χ4v) is 2.49. The molecule has 0 aliphatic rings. The van der Waals surface area contributed by atoms with E-state index in [9.17, 15) is 13.9 Å². The van der Waals surface area contributed by atoms with Gasteiger partial charge in [0.25, 0.3) is 0 Å². The first-order valence-electron chi connectivity index (χ1n) is 5.19. The molecule has 0 spiro atoms. The summed E-state index contributed by atoms with van der Waals surface area (Å²) in [4.78, 5) is 0.765. The molecule has 2 aromatic rings. The molecule has 0 amide bonds. The lowest BCUT2D eigenvalue weighted by Gasteiger charge is -2.22. The predicted octanol–water partition coefficient (Wildman–Crippen LogP) is 3.48. The van der Waals surface area contributed by atoms with Crippen LogP contribution in [0.4, 0.5) is 8.78 Å². The van der Waals surface area contributed by atoms with Crippen molar-refractivity contribution >= 4 is 11.3 Å². The van der Waals surface area contributed by atoms with Crippen LogP contribution >= 0.6 is 11.3 Å². The molecule has 17 heavy (non-hydrogen) atoms. The Balaban J connectivity index is 2.26. The minimum absolute atomic E-state index is 0.125. The monoisotopic (exact) mass is 254 g/mol. The van der Waals surface area contributed by atoms with E-state index in [0.29, 0.717) is 5.56 Å². The second-order valence-electron chi connectivity index (χ2n) is 4.16. The average Bonchev–Trinajstić information content (AvgIpc) is 2.76. The molecular weight excluding hydrogens is 242 g/mol. The van der Waals surface area contributed by atoms with E-state index < -0.39 is 17.2 Å². The lowest BCUT2D eigenvalue weighted by atomic mass is 9.94. The van der Waals surface area contributed by atoms with Crippen molar-refractivity contribution in [3.05, 3.63) is 57.8 Å². The van der Waals surface area contributed by atoms with E-state index in [-0.39, 0.29) is 6.42 Å². The van der Waals surface area contributed by atoms with E-state index in [1.54, 1.807) is 13.0 Å². The molecule has 0 saturated carbocycles. The molecule has 1 aromatic heterocycles. The van der Waals surface area contributed by atoms with Gasteiger partial charge >= 0.3 is 0 Å². The number of thiophene rings is 1. The van der Waals surface area contributed by atoms with Crippen LogP contribution in [0.1, 0.15) is 17.4 Å². The van der Waals surface area contributed by atoms with Crippen molar-refractivity contribution in [3.8, 4) is 0 Å². The number of aliphatic hydroxyl groups is 1. The number of rotatable bonds is 3. The summed E-state index contributed by atoms with van der Waals surface area (Å²) in [5, 5.41) is 12.1. The number of hydrogen-bond acceptors (Lipinski definition) is 2. The molecule has 1 atom stereocenters. The molecule has 1 N–H and O–H groups in total. The zero-order valence-electron chi connectivity index (χ0n) is 9.28. The van der Waals surface area contributed by atoms with Crippen LogP contribution in [-0.4, -0.2) is 5.11 Å². The largest absolute Gasteiger partial charge is 0.384 e. The summed E-state index contributed by atoms with van der Waals surface area (Å²) in [6, 6.07) is 7.02. The van der Waals surface area contributed by atoms with Crippen molar-refractivity contribution in [2.45, 2.75) is 18.9 Å². The third kappa shape index (κ3) is 2.70. The maximum Gasteiger partial charge on any atom is 0.129 e. The van der Waals surface area contributed by atoms with Crippen molar-refractivity contribution in [2.75, 3.05) is 0 Å². The topological polar surface area (TPSA) is 20.2 Å². The van der Waals surface area contributed by atoms with Crippen LogP contribution in [0.25, 0.3) is 0 Å². The van der Waals surface area contributed by atoms with Crippen LogP contribution in [-0.2, 0) is 12.0 Å². The molecular formula is C13H12F2OS. The summed E-state index contributed by atoms with van der Waals surface area (Å²) in [5.41, 5.74) is -0.822. The predicted molar refractivity (Wildman–Crippen MR) is 64.0 cm³/mol. The molecule has 0 radical (unpaired) electrons. The summed E-state index contributed by atoms with van der Waals surface area (Å²) in [5.74, 6) is -1.23. The molecule has 0 aliphatic heterocycles. The van der Waals surface area contributed by atoms with E-state index >= 15 is 0 Å². The summed E-state index contributed by atoms with van der Waals surface area (Å²) in [6.45, 7) is 1.63. The highest BCUT2D eigenvalue weighted by Crippen LogP contribution is 2.29. The second kappa shape index (κ2) is 4.55. The summed E-state index contributed by atoms with van der Waals surface area (Å²) >= 11 is 1.41. The summed E-state index contributed by atoms with van der Waals surface area (Å²) in [7, 11) is 0. The van der Waals surface area contributed by atoms with Gasteiger partial charge in [-0.05, 0) is 30.0 Å². The first-order valence-corrected chi connectivity index (χ1v) is 6.07. The molecule has 1 unspecified atom stereocenters. The van der Waals surface area contributed by atoms with Crippen molar-refractivity contribution in [1.29, 1.82) is 0 Å². The molecule has 1 nitrogen and oxygen atoms in total. The van der Waals surface area contributed by atoms with E-state index in [4.69, 9.17) is 0 Å². The lowest BCUT2D eigenvalue weighted by Crippen LogP contribution is -2.23. The molecule has 1 aromatic carbocycles. The molecule has 90 valence electrons. The zero-order valence-corrected chi connectivity index (χ0v) is 10.1. The fraction of sp³-hybridized carbons (Fsp3) is 0.231. The molecule has 1 heterocycles. The minimum Gasteiger partial charge on any atom is -0.384 e. The Kier molecular flexibility index (Phi) is 3.26. The van der Waals surface area contributed by atoms with Gasteiger partial charge in [0.1, 0.15) is 17.2 Å². The van der Waals surface area contributed by atoms with Gasteiger partial charge in [0.05, 0.1) is 0 Å². The second-order valence-corrected chi connectivity index (χ2v) is 5.11. The van der Waals surface area contributed by atoms with E-state index in [1.165, 1.54) is 23.5 Å². The van der Waals surface area contributed by atoms with Gasteiger partial charge in [-0.1, -0.05) is 12.1 Å². The smallest absolute Gasteiger partial charge is 0.129 e. The highest BCUT2D eigenvalue weighted by Gasteiger charge is 2.26. The Morgan fingerprint density at radius 1 is 1.29 bits per heavy atom. The van der Waals surface area contributed by atoms with Gasteiger partial charge in [-0.15, -0.1) is 11.3 Å². The lowest BCUT2D eigenvalue weighted by molar-refractivity contribution is 0.0605. The first-order chi connectivity index (χ1) is 7.99.